The van der Waals surface area contributed by atoms with Gasteiger partial charge in [0, 0.05) is 0 Å². The fraction of sp³-hybridized carbons (Fsp3) is 0.889. The maximum atomic E-state index is 12.3. The van der Waals surface area contributed by atoms with Crippen molar-refractivity contribution in [3.8, 4) is 0 Å². The van der Waals surface area contributed by atoms with Crippen LogP contribution in [0.4, 0.5) is 0 Å². The molecule has 0 rings (SSSR count). The molecule has 1 atom stereocenters. The first-order valence-corrected chi connectivity index (χ1v) is 8.62. The molecule has 0 saturated carbocycles. The Bertz CT molecular complexity index is 319. The Hall–Kier alpha value is -1.06. The standard InChI is InChI=1S/C18H34O4/c1-7-15(8-2)9-16(18(20)22-12-14(5)6)10-17(19)21-11-13(3)4/h13-16H,7-12H2,1-6H3. The first kappa shape index (κ1) is 20.9. The lowest BCUT2D eigenvalue weighted by molar-refractivity contribution is -0.157. The van der Waals surface area contributed by atoms with E-state index in [1.54, 1.807) is 0 Å². The molecule has 0 aliphatic heterocycles. The van der Waals surface area contributed by atoms with Crippen LogP contribution in [0, 0.1) is 23.7 Å². The topological polar surface area (TPSA) is 52.6 Å². The van der Waals surface area contributed by atoms with Gasteiger partial charge in [0.1, 0.15) is 0 Å². The third-order valence-electron chi connectivity index (χ3n) is 3.66. The van der Waals surface area contributed by atoms with Gasteiger partial charge in [-0.05, 0) is 24.2 Å². The Morgan fingerprint density at radius 2 is 1.36 bits per heavy atom. The molecule has 0 aromatic heterocycles. The molecule has 0 bridgehead atoms. The highest BCUT2D eigenvalue weighted by atomic mass is 16.5. The molecule has 0 saturated heterocycles. The minimum absolute atomic E-state index is 0.125. The van der Waals surface area contributed by atoms with Crippen molar-refractivity contribution in [2.45, 2.75) is 67.2 Å². The average molecular weight is 314 g/mol. The van der Waals surface area contributed by atoms with Crippen LogP contribution in [-0.2, 0) is 19.1 Å². The van der Waals surface area contributed by atoms with Crippen molar-refractivity contribution in [3.63, 3.8) is 0 Å². The highest BCUT2D eigenvalue weighted by Gasteiger charge is 2.27. The van der Waals surface area contributed by atoms with Gasteiger partial charge in [0.2, 0.25) is 0 Å². The maximum Gasteiger partial charge on any atom is 0.309 e. The van der Waals surface area contributed by atoms with Crippen LogP contribution in [0.5, 0.6) is 0 Å². The summed E-state index contributed by atoms with van der Waals surface area (Å²) in [5.74, 6) is 0.0889. The molecule has 0 amide bonds. The second kappa shape index (κ2) is 11.5. The van der Waals surface area contributed by atoms with Gasteiger partial charge in [-0.1, -0.05) is 54.4 Å². The summed E-state index contributed by atoms with van der Waals surface area (Å²) in [6, 6.07) is 0. The number of carbonyl (C=O) groups excluding carboxylic acids is 2. The van der Waals surface area contributed by atoms with Crippen molar-refractivity contribution in [3.05, 3.63) is 0 Å². The Morgan fingerprint density at radius 3 is 1.82 bits per heavy atom. The number of hydrogen-bond acceptors (Lipinski definition) is 4. The van der Waals surface area contributed by atoms with Gasteiger partial charge in [-0.2, -0.15) is 0 Å². The van der Waals surface area contributed by atoms with Gasteiger partial charge in [0.25, 0.3) is 0 Å². The third kappa shape index (κ3) is 9.80. The Kier molecular flexibility index (Phi) is 10.9. The van der Waals surface area contributed by atoms with E-state index in [-0.39, 0.29) is 24.3 Å². The normalized spacial score (nSPS) is 12.8. The Labute approximate surface area is 135 Å². The molecule has 0 aliphatic carbocycles. The number of hydrogen-bond donors (Lipinski definition) is 0. The Balaban J connectivity index is 4.62. The minimum atomic E-state index is -0.386. The summed E-state index contributed by atoms with van der Waals surface area (Å²) in [6.07, 6.45) is 2.83. The van der Waals surface area contributed by atoms with Crippen LogP contribution in [0.25, 0.3) is 0 Å². The summed E-state index contributed by atoms with van der Waals surface area (Å²) in [5, 5.41) is 0. The summed E-state index contributed by atoms with van der Waals surface area (Å²) in [4.78, 5) is 24.2. The van der Waals surface area contributed by atoms with E-state index in [9.17, 15) is 9.59 Å². The molecule has 0 aliphatic rings. The molecule has 4 heteroatoms. The van der Waals surface area contributed by atoms with Crippen molar-refractivity contribution >= 4 is 11.9 Å². The van der Waals surface area contributed by atoms with Crippen LogP contribution in [0.15, 0.2) is 0 Å². The van der Waals surface area contributed by atoms with Crippen molar-refractivity contribution in [1.29, 1.82) is 0 Å². The lowest BCUT2D eigenvalue weighted by Gasteiger charge is -2.21. The maximum absolute atomic E-state index is 12.3. The summed E-state index contributed by atoms with van der Waals surface area (Å²) in [5.41, 5.74) is 0. The van der Waals surface area contributed by atoms with E-state index in [0.717, 1.165) is 12.8 Å². The smallest absolute Gasteiger partial charge is 0.309 e. The quantitative estimate of drug-likeness (QED) is 0.536. The molecular weight excluding hydrogens is 280 g/mol. The fourth-order valence-electron chi connectivity index (χ4n) is 2.17. The predicted molar refractivity (Wildman–Crippen MR) is 88.4 cm³/mol. The van der Waals surface area contributed by atoms with Gasteiger partial charge < -0.3 is 9.47 Å². The molecular formula is C18H34O4. The predicted octanol–water partition coefficient (Wildman–Crippen LogP) is 4.22. The van der Waals surface area contributed by atoms with E-state index in [4.69, 9.17) is 9.47 Å². The van der Waals surface area contributed by atoms with E-state index in [1.807, 2.05) is 27.7 Å². The van der Waals surface area contributed by atoms with E-state index in [1.165, 1.54) is 0 Å². The lowest BCUT2D eigenvalue weighted by Crippen LogP contribution is -2.26. The van der Waals surface area contributed by atoms with E-state index in [0.29, 0.717) is 37.4 Å². The molecule has 0 aromatic rings. The van der Waals surface area contributed by atoms with Gasteiger partial charge in [-0.3, -0.25) is 9.59 Å². The third-order valence-corrected chi connectivity index (χ3v) is 3.66. The summed E-state index contributed by atoms with van der Waals surface area (Å²) in [7, 11) is 0. The number of rotatable bonds is 11. The summed E-state index contributed by atoms with van der Waals surface area (Å²) >= 11 is 0. The molecule has 0 fully saturated rings. The van der Waals surface area contributed by atoms with Crippen LogP contribution >= 0.6 is 0 Å². The van der Waals surface area contributed by atoms with Gasteiger partial charge in [0.15, 0.2) is 0 Å². The van der Waals surface area contributed by atoms with Gasteiger partial charge in [-0.25, -0.2) is 0 Å². The molecule has 0 heterocycles. The molecule has 22 heavy (non-hydrogen) atoms. The molecule has 0 N–H and O–H groups in total. The average Bonchev–Trinajstić information content (AvgIpc) is 2.46. The second-order valence-corrected chi connectivity index (χ2v) is 6.92. The zero-order valence-electron chi connectivity index (χ0n) is 15.2. The van der Waals surface area contributed by atoms with Crippen molar-refractivity contribution in [2.75, 3.05) is 13.2 Å². The first-order valence-electron chi connectivity index (χ1n) is 8.62. The number of ether oxygens (including phenoxy) is 2. The van der Waals surface area contributed by atoms with Crippen LogP contribution in [-0.4, -0.2) is 25.2 Å². The molecule has 0 aromatic carbocycles. The lowest BCUT2D eigenvalue weighted by atomic mass is 9.88. The summed E-state index contributed by atoms with van der Waals surface area (Å²) < 4.78 is 10.5. The number of esters is 2. The zero-order chi connectivity index (χ0) is 17.1. The zero-order valence-corrected chi connectivity index (χ0v) is 15.2. The number of carbonyl (C=O) groups is 2. The van der Waals surface area contributed by atoms with E-state index < -0.39 is 0 Å². The molecule has 0 spiro atoms. The SMILES string of the molecule is CCC(CC)CC(CC(=O)OCC(C)C)C(=O)OCC(C)C. The first-order chi connectivity index (χ1) is 10.3. The van der Waals surface area contributed by atoms with Crippen molar-refractivity contribution < 1.29 is 19.1 Å². The highest BCUT2D eigenvalue weighted by Crippen LogP contribution is 2.23. The summed E-state index contributed by atoms with van der Waals surface area (Å²) in [6.45, 7) is 13.0. The monoisotopic (exact) mass is 314 g/mol. The molecule has 1 unspecified atom stereocenters. The van der Waals surface area contributed by atoms with Gasteiger partial charge in [-0.15, -0.1) is 0 Å². The van der Waals surface area contributed by atoms with E-state index in [2.05, 4.69) is 13.8 Å². The molecule has 4 nitrogen and oxygen atoms in total. The Morgan fingerprint density at radius 1 is 0.864 bits per heavy atom. The highest BCUT2D eigenvalue weighted by molar-refractivity contribution is 5.80. The van der Waals surface area contributed by atoms with Crippen molar-refractivity contribution in [2.24, 2.45) is 23.7 Å². The largest absolute Gasteiger partial charge is 0.465 e. The van der Waals surface area contributed by atoms with Crippen LogP contribution in [0.2, 0.25) is 0 Å². The van der Waals surface area contributed by atoms with Crippen LogP contribution in [0.1, 0.15) is 67.2 Å². The van der Waals surface area contributed by atoms with Gasteiger partial charge in [0.05, 0.1) is 25.6 Å². The van der Waals surface area contributed by atoms with Gasteiger partial charge >= 0.3 is 11.9 Å². The fourth-order valence-corrected chi connectivity index (χ4v) is 2.17. The second-order valence-electron chi connectivity index (χ2n) is 6.92. The van der Waals surface area contributed by atoms with Crippen LogP contribution in [0.3, 0.4) is 0 Å². The van der Waals surface area contributed by atoms with E-state index >= 15 is 0 Å². The van der Waals surface area contributed by atoms with Crippen molar-refractivity contribution in [1.82, 2.24) is 0 Å². The van der Waals surface area contributed by atoms with Crippen LogP contribution < -0.4 is 0 Å². The minimum Gasteiger partial charge on any atom is -0.465 e. The molecule has 0 radical (unpaired) electrons. The molecule has 130 valence electrons.